The van der Waals surface area contributed by atoms with E-state index >= 15 is 0 Å². The van der Waals surface area contributed by atoms with Gasteiger partial charge in [0.1, 0.15) is 12.4 Å². The Hall–Kier alpha value is -3.19. The van der Waals surface area contributed by atoms with Crippen LogP contribution in [0.25, 0.3) is 17.1 Å². The average Bonchev–Trinajstić information content (AvgIpc) is 3.36. The largest absolute Gasteiger partial charge is 0.416 e. The number of nitrogens with zero attached hydrogens (tertiary/aromatic N) is 6. The molecule has 0 saturated carbocycles. The van der Waals surface area contributed by atoms with Crippen molar-refractivity contribution in [3.8, 4) is 17.1 Å². The van der Waals surface area contributed by atoms with Gasteiger partial charge >= 0.3 is 11.9 Å². The maximum absolute atomic E-state index is 13.1. The van der Waals surface area contributed by atoms with Gasteiger partial charge in [0, 0.05) is 10.6 Å². The van der Waals surface area contributed by atoms with Crippen molar-refractivity contribution in [1.29, 1.82) is 0 Å². The number of para-hydroxylation sites is 1. The number of alkyl halides is 3. The molecule has 2 heterocycles. The van der Waals surface area contributed by atoms with Gasteiger partial charge in [-0.25, -0.2) is 19.1 Å². The Morgan fingerprint density at radius 3 is 2.36 bits per heavy atom. The molecule has 190 valence electrons. The van der Waals surface area contributed by atoms with Gasteiger partial charge in [0.25, 0.3) is 0 Å². The molecule has 0 bridgehead atoms. The van der Waals surface area contributed by atoms with Crippen LogP contribution in [-0.4, -0.2) is 46.5 Å². The van der Waals surface area contributed by atoms with Gasteiger partial charge in [0.05, 0.1) is 23.3 Å². The van der Waals surface area contributed by atoms with Gasteiger partial charge in [-0.15, -0.1) is 10.2 Å². The normalized spacial score (nSPS) is 13.7. The maximum atomic E-state index is 13.1. The summed E-state index contributed by atoms with van der Waals surface area (Å²) in [4.78, 5) is 17.5. The predicted molar refractivity (Wildman–Crippen MR) is 127 cm³/mol. The summed E-state index contributed by atoms with van der Waals surface area (Å²) in [6.45, 7) is 0.373. The number of aromatic nitrogens is 6. The second-order valence-electron chi connectivity index (χ2n) is 7.98. The van der Waals surface area contributed by atoms with Crippen molar-refractivity contribution in [2.24, 2.45) is 5.73 Å². The first-order valence-electron chi connectivity index (χ1n) is 10.6. The van der Waals surface area contributed by atoms with Crippen molar-refractivity contribution < 1.29 is 18.3 Å². The van der Waals surface area contributed by atoms with E-state index in [-0.39, 0.29) is 18.2 Å². The van der Waals surface area contributed by atoms with E-state index in [0.29, 0.717) is 27.1 Å². The quantitative estimate of drug-likeness (QED) is 0.369. The smallest absolute Gasteiger partial charge is 0.382 e. The van der Waals surface area contributed by atoms with Crippen LogP contribution < -0.4 is 11.4 Å². The zero-order valence-electron chi connectivity index (χ0n) is 18.7. The number of halogens is 5. The van der Waals surface area contributed by atoms with Crippen LogP contribution in [0, 0.1) is 0 Å². The van der Waals surface area contributed by atoms with Crippen molar-refractivity contribution in [3.05, 3.63) is 80.7 Å². The van der Waals surface area contributed by atoms with Gasteiger partial charge in [-0.05, 0) is 43.3 Å². The molecule has 2 aromatic heterocycles. The zero-order chi connectivity index (χ0) is 26.2. The Kier molecular flexibility index (Phi) is 7.23. The molecule has 0 fully saturated rings. The monoisotopic (exact) mass is 541 g/mol. The van der Waals surface area contributed by atoms with Crippen molar-refractivity contribution in [2.45, 2.75) is 38.3 Å². The number of nitrogens with two attached hydrogens (primary N) is 1. The highest BCUT2D eigenvalue weighted by Gasteiger charge is 2.39. The molecule has 9 nitrogen and oxygen atoms in total. The van der Waals surface area contributed by atoms with E-state index in [1.165, 1.54) is 28.9 Å². The minimum Gasteiger partial charge on any atom is -0.382 e. The third-order valence-corrected chi connectivity index (χ3v) is 5.79. The van der Waals surface area contributed by atoms with Crippen molar-refractivity contribution in [1.82, 2.24) is 29.1 Å². The summed E-state index contributed by atoms with van der Waals surface area (Å²) in [6.07, 6.45) is -7.71. The predicted octanol–water partition coefficient (Wildman–Crippen LogP) is 3.59. The molecule has 0 saturated heterocycles. The second-order valence-corrected chi connectivity index (χ2v) is 8.82. The summed E-state index contributed by atoms with van der Waals surface area (Å²) in [7, 11) is 0. The minimum absolute atomic E-state index is 0.0853. The second kappa shape index (κ2) is 10.1. The Labute approximate surface area is 212 Å². The van der Waals surface area contributed by atoms with Crippen molar-refractivity contribution in [3.63, 3.8) is 0 Å². The first-order valence-corrected chi connectivity index (χ1v) is 11.4. The molecule has 2 aromatic carbocycles. The van der Waals surface area contributed by atoms with Gasteiger partial charge in [0.2, 0.25) is 0 Å². The first kappa shape index (κ1) is 25.9. The lowest BCUT2D eigenvalue weighted by Gasteiger charge is -2.15. The highest BCUT2D eigenvalue weighted by atomic mass is 35.5. The number of hydrogen-bond donors (Lipinski definition) is 2. The molecule has 0 radical (unpaired) electrons. The summed E-state index contributed by atoms with van der Waals surface area (Å²) >= 11 is 12.2. The highest BCUT2D eigenvalue weighted by Crippen LogP contribution is 2.25. The standard InChI is InChI=1S/C22H20Cl2F3N7O2/c1-12(28)19-29-18(30-34(19)16-5-3-2-4-15(16)24)11-33-21(36)32(10-17(35)22(25,26)27)20(31-33)13-6-8-14(23)9-7-13/h2-9,12,17,35H,10-11,28H2,1H3/t12-,17+/m1/s1. The SMILES string of the molecule is C[C@@H](N)c1nc(Cn2nc(-c3ccc(Cl)cc3)n(C[C@H](O)C(F)(F)F)c2=O)nn1-c1ccccc1Cl. The molecule has 3 N–H and O–H groups in total. The fourth-order valence-corrected chi connectivity index (χ4v) is 3.80. The van der Waals surface area contributed by atoms with Crippen LogP contribution in [0.1, 0.15) is 24.6 Å². The molecule has 0 spiro atoms. The van der Waals surface area contributed by atoms with E-state index in [9.17, 15) is 23.1 Å². The summed E-state index contributed by atoms with van der Waals surface area (Å²) in [5.41, 5.74) is 6.00. The average molecular weight is 542 g/mol. The highest BCUT2D eigenvalue weighted by molar-refractivity contribution is 6.32. The molecule has 4 aromatic rings. The summed E-state index contributed by atoms with van der Waals surface area (Å²) in [6, 6.07) is 12.3. The Morgan fingerprint density at radius 1 is 1.08 bits per heavy atom. The molecule has 0 aliphatic carbocycles. The molecule has 2 atom stereocenters. The Bertz CT molecular complexity index is 1430. The fourth-order valence-electron chi connectivity index (χ4n) is 3.46. The number of aliphatic hydroxyl groups is 1. The van der Waals surface area contributed by atoms with Crippen molar-refractivity contribution >= 4 is 23.2 Å². The van der Waals surface area contributed by atoms with Gasteiger partial charge in [0.15, 0.2) is 17.8 Å². The molecule has 0 aliphatic rings. The van der Waals surface area contributed by atoms with E-state index < -0.39 is 30.6 Å². The molecule has 0 amide bonds. The molecular weight excluding hydrogens is 522 g/mol. The van der Waals surface area contributed by atoms with E-state index in [1.807, 2.05) is 0 Å². The number of benzene rings is 2. The van der Waals surface area contributed by atoms with E-state index in [4.69, 9.17) is 28.9 Å². The summed E-state index contributed by atoms with van der Waals surface area (Å²) < 4.78 is 42.3. The minimum atomic E-state index is -4.93. The third kappa shape index (κ3) is 5.31. The Morgan fingerprint density at radius 2 is 1.75 bits per heavy atom. The van der Waals surface area contributed by atoms with Crippen LogP contribution in [0.3, 0.4) is 0 Å². The van der Waals surface area contributed by atoms with E-state index in [0.717, 1.165) is 9.25 Å². The fraction of sp³-hybridized carbons (Fsp3) is 0.273. The first-order chi connectivity index (χ1) is 17.0. The van der Waals surface area contributed by atoms with Crippen LogP contribution in [0.5, 0.6) is 0 Å². The zero-order valence-corrected chi connectivity index (χ0v) is 20.2. The van der Waals surface area contributed by atoms with Crippen LogP contribution in [0.4, 0.5) is 13.2 Å². The lowest BCUT2D eigenvalue weighted by Crippen LogP contribution is -2.37. The third-order valence-electron chi connectivity index (χ3n) is 5.21. The summed E-state index contributed by atoms with van der Waals surface area (Å²) in [5, 5.41) is 19.0. The number of rotatable bonds is 7. The van der Waals surface area contributed by atoms with Gasteiger partial charge in [-0.1, -0.05) is 35.3 Å². The molecule has 4 rings (SSSR count). The molecule has 0 aliphatic heterocycles. The Balaban J connectivity index is 1.78. The maximum Gasteiger partial charge on any atom is 0.416 e. The molecule has 36 heavy (non-hydrogen) atoms. The molecule has 14 heteroatoms. The number of aliphatic hydroxyl groups excluding tert-OH is 1. The van der Waals surface area contributed by atoms with Crippen LogP contribution >= 0.6 is 23.2 Å². The van der Waals surface area contributed by atoms with Gasteiger partial charge in [-0.3, -0.25) is 4.57 Å². The van der Waals surface area contributed by atoms with E-state index in [1.54, 1.807) is 31.2 Å². The molecule has 0 unspecified atom stereocenters. The number of hydrogen-bond acceptors (Lipinski definition) is 6. The van der Waals surface area contributed by atoms with Crippen LogP contribution in [-0.2, 0) is 13.1 Å². The van der Waals surface area contributed by atoms with Gasteiger partial charge < -0.3 is 10.8 Å². The van der Waals surface area contributed by atoms with Gasteiger partial charge in [-0.2, -0.15) is 13.2 Å². The van der Waals surface area contributed by atoms with Crippen LogP contribution in [0.15, 0.2) is 53.3 Å². The van der Waals surface area contributed by atoms with Crippen molar-refractivity contribution in [2.75, 3.05) is 0 Å². The van der Waals surface area contributed by atoms with Crippen LogP contribution in [0.2, 0.25) is 10.0 Å². The topological polar surface area (TPSA) is 117 Å². The van der Waals surface area contributed by atoms with E-state index in [2.05, 4.69) is 15.2 Å². The molecular formula is C22H20Cl2F3N7O2. The summed E-state index contributed by atoms with van der Waals surface area (Å²) in [5.74, 6) is 0.405. The lowest BCUT2D eigenvalue weighted by molar-refractivity contribution is -0.207. The lowest BCUT2D eigenvalue weighted by atomic mass is 10.2.